The van der Waals surface area contributed by atoms with Crippen molar-refractivity contribution in [3.63, 3.8) is 0 Å². The minimum absolute atomic E-state index is 0. The Kier molecular flexibility index (Phi) is 19.1. The number of anilines is 1. The van der Waals surface area contributed by atoms with Crippen LogP contribution in [0.25, 0.3) is 0 Å². The molecule has 14 heteroatoms. The molecule has 49 heavy (non-hydrogen) atoms. The topological polar surface area (TPSA) is 162 Å². The maximum Gasteiger partial charge on any atom is 1.00 e. The quantitative estimate of drug-likeness (QED) is 0.0632. The molecule has 248 valence electrons. The van der Waals surface area contributed by atoms with Crippen molar-refractivity contribution in [2.45, 2.75) is 58.3 Å². The number of hydrogen-bond donors (Lipinski definition) is 1. The molecule has 0 aliphatic rings. The molecule has 0 radical (unpaired) electrons. The summed E-state index contributed by atoms with van der Waals surface area (Å²) in [5, 5.41) is 26.7. The fourth-order valence-electron chi connectivity index (χ4n) is 4.37. The molecule has 1 heterocycles. The Hall–Kier alpha value is -1.96. The van der Waals surface area contributed by atoms with Gasteiger partial charge in [0.15, 0.2) is 5.13 Å². The Balaban J connectivity index is 0.00000189. The molecule has 1 N–H and O–H groups in total. The van der Waals surface area contributed by atoms with Crippen LogP contribution in [0.3, 0.4) is 0 Å². The van der Waals surface area contributed by atoms with Gasteiger partial charge in [-0.25, -0.2) is 14.6 Å². The number of nitrogens with zero attached hydrogens (tertiary/aromatic N) is 2. The van der Waals surface area contributed by atoms with Gasteiger partial charge in [0.25, 0.3) is 0 Å². The summed E-state index contributed by atoms with van der Waals surface area (Å²) in [6.45, 7) is 10.2. The van der Waals surface area contributed by atoms with E-state index in [1.807, 2.05) is 54.6 Å². The number of oxime groups is 1. The van der Waals surface area contributed by atoms with Gasteiger partial charge in [0, 0.05) is 5.38 Å². The third-order valence-electron chi connectivity index (χ3n) is 6.39. The van der Waals surface area contributed by atoms with Gasteiger partial charge in [-0.2, -0.15) is 0 Å². The van der Waals surface area contributed by atoms with Crippen LogP contribution >= 0.6 is 11.3 Å². The van der Waals surface area contributed by atoms with Gasteiger partial charge in [-0.3, -0.25) is 0 Å². The van der Waals surface area contributed by atoms with Gasteiger partial charge in [-0.05, 0) is 64.4 Å². The van der Waals surface area contributed by atoms with Crippen LogP contribution in [0, 0.1) is 0 Å². The van der Waals surface area contributed by atoms with E-state index >= 15 is 0 Å². The number of esters is 2. The number of rotatable bonds is 11. The van der Waals surface area contributed by atoms with Crippen molar-refractivity contribution in [2.75, 3.05) is 11.9 Å². The van der Waals surface area contributed by atoms with E-state index in [9.17, 15) is 9.59 Å². The number of ether oxygens (including phenoxy) is 2. The molecule has 11 nitrogen and oxygen atoms in total. The predicted molar refractivity (Wildman–Crippen MR) is 175 cm³/mol. The van der Waals surface area contributed by atoms with Gasteiger partial charge in [0.2, 0.25) is 11.3 Å². The first-order valence-electron chi connectivity index (χ1n) is 14.6. The molecule has 0 unspecified atom stereocenters. The van der Waals surface area contributed by atoms with Crippen LogP contribution in [-0.2, 0) is 29.4 Å². The van der Waals surface area contributed by atoms with Gasteiger partial charge in [0.05, 0.1) is 6.61 Å². The molecule has 0 fully saturated rings. The van der Waals surface area contributed by atoms with E-state index in [4.69, 9.17) is 34.3 Å². The number of aromatic nitrogens is 1. The summed E-state index contributed by atoms with van der Waals surface area (Å²) < 4.78 is 10.7. The summed E-state index contributed by atoms with van der Waals surface area (Å²) in [6.07, 6.45) is -2.33. The molecule has 0 aliphatic carbocycles. The second-order valence-electron chi connectivity index (χ2n) is 11.5. The van der Waals surface area contributed by atoms with Gasteiger partial charge in [-0.1, -0.05) is 96.2 Å². The van der Waals surface area contributed by atoms with Crippen molar-refractivity contribution in [1.82, 2.24) is 4.98 Å². The predicted octanol–water partition coefficient (Wildman–Crippen LogP) is -1.49. The SMILES string of the molecule is CCOC(=O)C(=NOC(C)(C)C(=O)OC(C)(C)C)c1csc(NC(c2ccccc2)(c2ccccc2)c2ccccc2)n1.O=C([O-])[O-].[K+].[K+]. The molecule has 0 spiro atoms. The second-order valence-corrected chi connectivity index (χ2v) is 12.4. The maximum atomic E-state index is 13.0. The zero-order valence-electron chi connectivity index (χ0n) is 29.0. The second kappa shape index (κ2) is 20.8. The van der Waals surface area contributed by atoms with E-state index in [1.54, 1.807) is 33.1 Å². The zero-order valence-corrected chi connectivity index (χ0v) is 36.1. The Morgan fingerprint density at radius 2 is 1.22 bits per heavy atom. The Bertz CT molecular complexity index is 1560. The fraction of sp³-hybridized carbons (Fsp3) is 0.286. The number of benzene rings is 3. The molecule has 0 amide bonds. The minimum atomic E-state index is -2.33. The van der Waals surface area contributed by atoms with Gasteiger partial charge in [0.1, 0.15) is 16.8 Å². The van der Waals surface area contributed by atoms with E-state index in [0.29, 0.717) is 5.13 Å². The number of carboxylic acid groups (broad SMARTS) is 2. The summed E-state index contributed by atoms with van der Waals surface area (Å²) in [6, 6.07) is 30.4. The van der Waals surface area contributed by atoms with Gasteiger partial charge >= 0.3 is 115 Å². The summed E-state index contributed by atoms with van der Waals surface area (Å²) in [5.41, 5.74) is 0.105. The van der Waals surface area contributed by atoms with Crippen molar-refractivity contribution >= 4 is 40.3 Å². The first kappa shape index (κ1) is 45.1. The Labute approximate surface area is 375 Å². The third-order valence-corrected chi connectivity index (χ3v) is 7.14. The van der Waals surface area contributed by atoms with Crippen molar-refractivity contribution in [1.29, 1.82) is 0 Å². The average Bonchev–Trinajstić information content (AvgIpc) is 3.48. The van der Waals surface area contributed by atoms with Crippen molar-refractivity contribution in [3.8, 4) is 0 Å². The van der Waals surface area contributed by atoms with Crippen LogP contribution in [0.15, 0.2) is 102 Å². The van der Waals surface area contributed by atoms with Crippen LogP contribution in [0.5, 0.6) is 0 Å². The van der Waals surface area contributed by atoms with Gasteiger partial charge in [-0.15, -0.1) is 11.3 Å². The third kappa shape index (κ3) is 13.3. The monoisotopic (exact) mass is 737 g/mol. The number of nitrogens with one attached hydrogen (secondary N) is 1. The van der Waals surface area contributed by atoms with E-state index in [0.717, 1.165) is 16.7 Å². The zero-order chi connectivity index (χ0) is 34.7. The molecule has 0 bridgehead atoms. The molecular formula is C35H37K2N3O8S. The summed E-state index contributed by atoms with van der Waals surface area (Å²) in [7, 11) is 0. The molecule has 4 aromatic rings. The smallest absolute Gasteiger partial charge is 0.652 e. The Morgan fingerprint density at radius 1 is 0.796 bits per heavy atom. The summed E-state index contributed by atoms with van der Waals surface area (Å²) >= 11 is 1.31. The van der Waals surface area contributed by atoms with E-state index < -0.39 is 34.8 Å². The number of thiazole rings is 1. The Morgan fingerprint density at radius 3 is 1.61 bits per heavy atom. The number of carbonyl (C=O) groups is 3. The van der Waals surface area contributed by atoms with Crippen molar-refractivity contribution in [3.05, 3.63) is 119 Å². The van der Waals surface area contributed by atoms with Crippen LogP contribution in [0.4, 0.5) is 9.93 Å². The van der Waals surface area contributed by atoms with E-state index in [1.165, 1.54) is 25.2 Å². The summed E-state index contributed by atoms with van der Waals surface area (Å²) in [4.78, 5) is 44.4. The molecule has 3 aromatic carbocycles. The maximum absolute atomic E-state index is 13.0. The summed E-state index contributed by atoms with van der Waals surface area (Å²) in [5.74, 6) is -1.34. The molecule has 0 aliphatic heterocycles. The molecular weight excluding hydrogens is 701 g/mol. The van der Waals surface area contributed by atoms with Crippen molar-refractivity contribution in [2.24, 2.45) is 5.16 Å². The molecule has 0 atom stereocenters. The van der Waals surface area contributed by atoms with Gasteiger partial charge < -0.3 is 34.6 Å². The van der Waals surface area contributed by atoms with E-state index in [-0.39, 0.29) is 121 Å². The van der Waals surface area contributed by atoms with Crippen LogP contribution < -0.4 is 118 Å². The van der Waals surface area contributed by atoms with Crippen molar-refractivity contribution < 1.29 is 142 Å². The fourth-order valence-corrected chi connectivity index (χ4v) is 5.12. The average molecular weight is 738 g/mol. The first-order valence-corrected chi connectivity index (χ1v) is 15.5. The van der Waals surface area contributed by atoms with Crippen LogP contribution in [0.1, 0.15) is 63.9 Å². The van der Waals surface area contributed by atoms with Crippen LogP contribution in [-0.4, -0.2) is 46.6 Å². The normalized spacial score (nSPS) is 11.3. The number of hydrogen-bond acceptors (Lipinski definition) is 12. The largest absolute Gasteiger partial charge is 1.00 e. The molecule has 0 saturated carbocycles. The van der Waals surface area contributed by atoms with E-state index in [2.05, 4.69) is 46.9 Å². The molecule has 0 saturated heterocycles. The molecule has 4 rings (SSSR count). The number of carbonyl (C=O) groups excluding carboxylic acids is 3. The van der Waals surface area contributed by atoms with Crippen LogP contribution in [0.2, 0.25) is 0 Å². The molecule has 1 aromatic heterocycles. The standard InChI is InChI=1S/C34H37N3O5S.CH2O3.2K/c1-7-40-29(38)28(37-42-33(5,6)30(39)41-32(2,3)4)27-23-43-31(35-27)36-34(24-17-11-8-12-18-24,25-19-13-9-14-20-25)26-21-15-10-16-22-26;2-1(3)4;;/h8-23H,7H2,1-6H3,(H,35,36);(H2,2,3,4);;/q;;2*+1/p-2. The minimum Gasteiger partial charge on any atom is -0.652 e. The first-order chi connectivity index (χ1) is 22.2.